The molecule has 19 heavy (non-hydrogen) atoms. The van der Waals surface area contributed by atoms with Crippen molar-refractivity contribution in [3.63, 3.8) is 0 Å². The molecule has 0 radical (unpaired) electrons. The summed E-state index contributed by atoms with van der Waals surface area (Å²) in [5.74, 6) is 0. The first kappa shape index (κ1) is 14.1. The summed E-state index contributed by atoms with van der Waals surface area (Å²) < 4.78 is 2.28. The van der Waals surface area contributed by atoms with Gasteiger partial charge in [-0.3, -0.25) is 0 Å². The molecule has 1 heterocycles. The SMILES string of the molecule is CCc1cccc2c(CCNC(C)(C)C)cn(C)c12. The van der Waals surface area contributed by atoms with Gasteiger partial charge < -0.3 is 9.88 Å². The summed E-state index contributed by atoms with van der Waals surface area (Å²) in [4.78, 5) is 0. The molecule has 0 atom stereocenters. The molecule has 1 aromatic carbocycles. The van der Waals surface area contributed by atoms with E-state index in [1.54, 1.807) is 0 Å². The van der Waals surface area contributed by atoms with Crippen LogP contribution in [0.15, 0.2) is 24.4 Å². The topological polar surface area (TPSA) is 17.0 Å². The Morgan fingerprint density at radius 2 is 1.89 bits per heavy atom. The van der Waals surface area contributed by atoms with E-state index in [0.29, 0.717) is 0 Å². The van der Waals surface area contributed by atoms with Crippen LogP contribution >= 0.6 is 0 Å². The van der Waals surface area contributed by atoms with Gasteiger partial charge in [0.2, 0.25) is 0 Å². The van der Waals surface area contributed by atoms with E-state index in [-0.39, 0.29) is 5.54 Å². The van der Waals surface area contributed by atoms with E-state index in [1.165, 1.54) is 22.0 Å². The van der Waals surface area contributed by atoms with Gasteiger partial charge in [0, 0.05) is 24.2 Å². The lowest BCUT2D eigenvalue weighted by molar-refractivity contribution is 0.430. The third kappa shape index (κ3) is 3.19. The Labute approximate surface area is 116 Å². The minimum atomic E-state index is 0.194. The van der Waals surface area contributed by atoms with Crippen LogP contribution in [0, 0.1) is 0 Å². The van der Waals surface area contributed by atoms with Gasteiger partial charge in [-0.2, -0.15) is 0 Å². The third-order valence-electron chi connectivity index (χ3n) is 3.60. The van der Waals surface area contributed by atoms with E-state index < -0.39 is 0 Å². The molecule has 0 spiro atoms. The highest BCUT2D eigenvalue weighted by molar-refractivity contribution is 5.86. The maximum absolute atomic E-state index is 3.56. The molecular formula is C17H26N2. The molecular weight excluding hydrogens is 232 g/mol. The van der Waals surface area contributed by atoms with Crippen LogP contribution in [0.4, 0.5) is 0 Å². The second-order valence-electron chi connectivity index (χ2n) is 6.36. The fourth-order valence-corrected chi connectivity index (χ4v) is 2.69. The van der Waals surface area contributed by atoms with Gasteiger partial charge in [-0.15, -0.1) is 0 Å². The van der Waals surface area contributed by atoms with Gasteiger partial charge >= 0.3 is 0 Å². The van der Waals surface area contributed by atoms with Crippen LogP contribution in [-0.4, -0.2) is 16.7 Å². The molecule has 1 aromatic heterocycles. The highest BCUT2D eigenvalue weighted by atomic mass is 14.9. The lowest BCUT2D eigenvalue weighted by atomic mass is 10.0. The Morgan fingerprint density at radius 3 is 2.53 bits per heavy atom. The zero-order valence-corrected chi connectivity index (χ0v) is 12.9. The molecule has 0 saturated heterocycles. The fourth-order valence-electron chi connectivity index (χ4n) is 2.69. The molecule has 0 aliphatic rings. The van der Waals surface area contributed by atoms with Crippen LogP contribution in [0.5, 0.6) is 0 Å². The summed E-state index contributed by atoms with van der Waals surface area (Å²) in [5.41, 5.74) is 4.48. The minimum Gasteiger partial charge on any atom is -0.350 e. The van der Waals surface area contributed by atoms with Gasteiger partial charge in [0.05, 0.1) is 5.52 Å². The zero-order valence-electron chi connectivity index (χ0n) is 12.9. The predicted octanol–water partition coefficient (Wildman–Crippen LogP) is 3.67. The summed E-state index contributed by atoms with van der Waals surface area (Å²) in [7, 11) is 2.15. The standard InChI is InChI=1S/C17H26N2/c1-6-13-8-7-9-15-14(12-19(5)16(13)15)10-11-18-17(2,3)4/h7-9,12,18H,6,10-11H2,1-5H3. The van der Waals surface area contributed by atoms with E-state index in [2.05, 4.69) is 69.0 Å². The van der Waals surface area contributed by atoms with Gasteiger partial charge in [-0.25, -0.2) is 0 Å². The summed E-state index contributed by atoms with van der Waals surface area (Å²) in [6.45, 7) is 9.89. The van der Waals surface area contributed by atoms with E-state index in [0.717, 1.165) is 19.4 Å². The van der Waals surface area contributed by atoms with E-state index in [9.17, 15) is 0 Å². The normalized spacial score (nSPS) is 12.3. The zero-order chi connectivity index (χ0) is 14.0. The lowest BCUT2D eigenvalue weighted by Gasteiger charge is -2.20. The van der Waals surface area contributed by atoms with Crippen LogP contribution < -0.4 is 5.32 Å². The molecule has 0 amide bonds. The molecule has 0 fully saturated rings. The monoisotopic (exact) mass is 258 g/mol. The third-order valence-corrected chi connectivity index (χ3v) is 3.60. The highest BCUT2D eigenvalue weighted by Crippen LogP contribution is 2.24. The quantitative estimate of drug-likeness (QED) is 0.885. The lowest BCUT2D eigenvalue weighted by Crippen LogP contribution is -2.37. The van der Waals surface area contributed by atoms with Gasteiger partial charge in [0.25, 0.3) is 0 Å². The van der Waals surface area contributed by atoms with Crippen LogP contribution in [0.3, 0.4) is 0 Å². The van der Waals surface area contributed by atoms with Gasteiger partial charge in [0.15, 0.2) is 0 Å². The van der Waals surface area contributed by atoms with Gasteiger partial charge in [0.1, 0.15) is 0 Å². The number of hydrogen-bond acceptors (Lipinski definition) is 1. The van der Waals surface area contributed by atoms with Gasteiger partial charge in [-0.1, -0.05) is 25.1 Å². The fraction of sp³-hybridized carbons (Fsp3) is 0.529. The van der Waals surface area contributed by atoms with Crippen molar-refractivity contribution in [1.29, 1.82) is 0 Å². The van der Waals surface area contributed by atoms with Gasteiger partial charge in [-0.05, 0) is 51.3 Å². The molecule has 1 N–H and O–H groups in total. The van der Waals surface area contributed by atoms with Crippen molar-refractivity contribution in [1.82, 2.24) is 9.88 Å². The number of hydrogen-bond donors (Lipinski definition) is 1. The summed E-state index contributed by atoms with van der Waals surface area (Å²) in [6.07, 6.45) is 4.46. The minimum absolute atomic E-state index is 0.194. The molecule has 0 aliphatic heterocycles. The molecule has 2 nitrogen and oxygen atoms in total. The maximum atomic E-state index is 3.56. The van der Waals surface area contributed by atoms with Crippen LogP contribution in [0.2, 0.25) is 0 Å². The van der Waals surface area contributed by atoms with Crippen molar-refractivity contribution in [3.05, 3.63) is 35.5 Å². The number of nitrogens with one attached hydrogen (secondary N) is 1. The first-order valence-corrected chi connectivity index (χ1v) is 7.23. The Bertz CT molecular complexity index is 558. The number of rotatable bonds is 4. The first-order valence-electron chi connectivity index (χ1n) is 7.23. The molecule has 0 aliphatic carbocycles. The Hall–Kier alpha value is -1.28. The number of fused-ring (bicyclic) bond motifs is 1. The molecule has 0 unspecified atom stereocenters. The molecule has 2 rings (SSSR count). The first-order chi connectivity index (χ1) is 8.92. The number of nitrogens with zero attached hydrogens (tertiary/aromatic N) is 1. The predicted molar refractivity (Wildman–Crippen MR) is 83.8 cm³/mol. The largest absolute Gasteiger partial charge is 0.350 e. The molecule has 0 bridgehead atoms. The number of benzene rings is 1. The summed E-state index contributed by atoms with van der Waals surface area (Å²) in [6, 6.07) is 6.67. The average molecular weight is 258 g/mol. The van der Waals surface area contributed by atoms with Crippen molar-refractivity contribution in [2.24, 2.45) is 7.05 Å². The number of aromatic nitrogens is 1. The highest BCUT2D eigenvalue weighted by Gasteiger charge is 2.11. The molecule has 2 heteroatoms. The van der Waals surface area contributed by atoms with Crippen molar-refractivity contribution < 1.29 is 0 Å². The summed E-state index contributed by atoms with van der Waals surface area (Å²) in [5, 5.41) is 4.98. The van der Waals surface area contributed by atoms with E-state index in [4.69, 9.17) is 0 Å². The Kier molecular flexibility index (Phi) is 4.00. The van der Waals surface area contributed by atoms with E-state index >= 15 is 0 Å². The van der Waals surface area contributed by atoms with Crippen LogP contribution in [0.1, 0.15) is 38.8 Å². The summed E-state index contributed by atoms with van der Waals surface area (Å²) >= 11 is 0. The second kappa shape index (κ2) is 5.38. The van der Waals surface area contributed by atoms with E-state index in [1.807, 2.05) is 0 Å². The molecule has 2 aromatic rings. The van der Waals surface area contributed by atoms with Crippen molar-refractivity contribution in [3.8, 4) is 0 Å². The Balaban J connectivity index is 2.25. The van der Waals surface area contributed by atoms with Crippen LogP contribution in [0.25, 0.3) is 10.9 Å². The van der Waals surface area contributed by atoms with Crippen LogP contribution in [-0.2, 0) is 19.9 Å². The van der Waals surface area contributed by atoms with Crippen molar-refractivity contribution in [2.75, 3.05) is 6.54 Å². The second-order valence-corrected chi connectivity index (χ2v) is 6.36. The smallest absolute Gasteiger partial charge is 0.0512 e. The molecule has 0 saturated carbocycles. The average Bonchev–Trinajstić information content (AvgIpc) is 2.65. The Morgan fingerprint density at radius 1 is 1.16 bits per heavy atom. The molecule has 104 valence electrons. The number of para-hydroxylation sites is 1. The maximum Gasteiger partial charge on any atom is 0.0512 e. The van der Waals surface area contributed by atoms with Crippen molar-refractivity contribution in [2.45, 2.75) is 46.1 Å². The number of aryl methyl sites for hydroxylation is 2. The van der Waals surface area contributed by atoms with Crippen molar-refractivity contribution >= 4 is 10.9 Å².